The summed E-state index contributed by atoms with van der Waals surface area (Å²) in [7, 11) is 0. The molecule has 0 aromatic rings. The van der Waals surface area contributed by atoms with Crippen LogP contribution in [0.2, 0.25) is 0 Å². The first-order chi connectivity index (χ1) is 13.5. The fraction of sp³-hybridized carbons (Fsp3) is 0.867. The fourth-order valence-corrected chi connectivity index (χ4v) is 2.18. The van der Waals surface area contributed by atoms with E-state index in [4.69, 9.17) is 15.5 Å². The van der Waals surface area contributed by atoms with Crippen LogP contribution in [0.3, 0.4) is 0 Å². The first-order valence-corrected chi connectivity index (χ1v) is 9.62. The Hall–Kier alpha value is -1.82. The van der Waals surface area contributed by atoms with Gasteiger partial charge in [-0.1, -0.05) is 13.8 Å². The Morgan fingerprint density at radius 1 is 1.00 bits per heavy atom. The van der Waals surface area contributed by atoms with Gasteiger partial charge in [0, 0.05) is 29.3 Å². The van der Waals surface area contributed by atoms with Gasteiger partial charge >= 0.3 is 0 Å². The van der Waals surface area contributed by atoms with E-state index in [1.54, 1.807) is 13.8 Å². The Kier molecular flexibility index (Phi) is 20.0. The molecule has 0 aliphatic heterocycles. The number of hydrogen-bond donors (Lipinski definition) is 4. The van der Waals surface area contributed by atoms with Crippen molar-refractivity contribution in [2.75, 3.05) is 37.9 Å². The summed E-state index contributed by atoms with van der Waals surface area (Å²) in [5.41, 5.74) is -1.17. The molecule has 2 N–H and O–H groups in total. The molecule has 0 aromatic carbocycles. The van der Waals surface area contributed by atoms with E-state index < -0.39 is 26.8 Å². The molecule has 0 rings (SSSR count). The number of thiol groups is 2. The summed E-state index contributed by atoms with van der Waals surface area (Å²) in [6.07, 6.45) is 1.01. The Morgan fingerprint density at radius 3 is 1.41 bits per heavy atom. The van der Waals surface area contributed by atoms with Crippen molar-refractivity contribution in [2.24, 2.45) is 10.8 Å². The van der Waals surface area contributed by atoms with Crippen LogP contribution in [0.15, 0.2) is 0 Å². The van der Waals surface area contributed by atoms with Crippen LogP contribution < -0.4 is 0 Å². The fourth-order valence-electron chi connectivity index (χ4n) is 1.38. The molecule has 0 spiro atoms. The lowest BCUT2D eigenvalue weighted by atomic mass is 9.84. The second kappa shape index (κ2) is 18.2. The van der Waals surface area contributed by atoms with Crippen LogP contribution in [-0.2, 0) is 14.5 Å². The number of rotatable bonds is 12. The highest BCUT2D eigenvalue weighted by atomic mass is 32.1. The summed E-state index contributed by atoms with van der Waals surface area (Å²) in [6, 6.07) is 1.39. The van der Waals surface area contributed by atoms with Gasteiger partial charge in [0.15, 0.2) is 0 Å². The number of hydrogen-bond acceptors (Lipinski definition) is 12. The minimum Gasteiger partial charge on any atom is -0.396 e. The lowest BCUT2D eigenvalue weighted by molar-refractivity contribution is -0.772. The van der Waals surface area contributed by atoms with Crippen molar-refractivity contribution >= 4 is 31.0 Å². The second-order valence-electron chi connectivity index (χ2n) is 6.00. The number of ketones is 1. The standard InChI is InChI=1S/C7H14N2O6.C5H12O2S2.C3H3NO/c1-3-7(4-2,5-14-8(10)11)6-15-9(12)13;6-1-5(2-7,3-8)4-9;1-3(5)2-4/h3-6H2,1-2H3;6-9H,1-4H2;1H3. The lowest BCUT2D eigenvalue weighted by Crippen LogP contribution is -2.33. The van der Waals surface area contributed by atoms with Crippen LogP contribution in [0.4, 0.5) is 0 Å². The number of carbonyl (C=O) groups is 1. The predicted molar refractivity (Wildman–Crippen MR) is 110 cm³/mol. The molecule has 0 fully saturated rings. The third kappa shape index (κ3) is 16.8. The molecule has 170 valence electrons. The van der Waals surface area contributed by atoms with Crippen molar-refractivity contribution in [3.05, 3.63) is 20.2 Å². The number of carbonyl (C=O) groups excluding carboxylic acids is 1. The quantitative estimate of drug-likeness (QED) is 0.143. The van der Waals surface area contributed by atoms with Gasteiger partial charge in [-0.3, -0.25) is 4.79 Å². The molecular formula is C15H29N3O9S2. The average molecular weight is 460 g/mol. The molecular weight excluding hydrogens is 430 g/mol. The van der Waals surface area contributed by atoms with Gasteiger partial charge in [0.1, 0.15) is 19.3 Å². The van der Waals surface area contributed by atoms with Gasteiger partial charge < -0.3 is 19.9 Å². The molecule has 29 heavy (non-hydrogen) atoms. The zero-order valence-corrected chi connectivity index (χ0v) is 18.4. The van der Waals surface area contributed by atoms with Crippen molar-refractivity contribution in [3.8, 4) is 6.07 Å². The zero-order chi connectivity index (χ0) is 23.5. The minimum absolute atomic E-state index is 0.0590. The monoisotopic (exact) mass is 459 g/mol. The summed E-state index contributed by atoms with van der Waals surface area (Å²) in [5, 5.41) is 43.2. The topological polar surface area (TPSA) is 186 Å². The predicted octanol–water partition coefficient (Wildman–Crippen LogP) is 1.13. The molecule has 0 aromatic heterocycles. The van der Waals surface area contributed by atoms with Gasteiger partial charge in [0.2, 0.25) is 5.78 Å². The van der Waals surface area contributed by atoms with Crippen LogP contribution in [-0.4, -0.2) is 64.1 Å². The van der Waals surface area contributed by atoms with Gasteiger partial charge in [-0.2, -0.15) is 30.5 Å². The number of Topliss-reactive ketones (excluding diaryl/α,β-unsaturated/α-hetero) is 1. The third-order valence-electron chi connectivity index (χ3n) is 3.95. The van der Waals surface area contributed by atoms with E-state index in [1.165, 1.54) is 13.0 Å². The molecule has 0 radical (unpaired) electrons. The van der Waals surface area contributed by atoms with Crippen molar-refractivity contribution in [2.45, 2.75) is 33.6 Å². The van der Waals surface area contributed by atoms with Gasteiger partial charge in [0.25, 0.3) is 10.2 Å². The Balaban J connectivity index is -0.000000407. The number of aliphatic hydroxyl groups excluding tert-OH is 2. The van der Waals surface area contributed by atoms with Crippen LogP contribution >= 0.6 is 25.3 Å². The number of nitriles is 1. The SMILES string of the molecule is CC(=O)C#N.CCC(CC)(CO[N+](=O)[O-])CO[N+](=O)[O-].OCC(CO)(CS)CS. The molecule has 0 amide bonds. The van der Waals surface area contributed by atoms with E-state index in [1.807, 2.05) is 0 Å². The van der Waals surface area contributed by atoms with Gasteiger partial charge in [-0.25, -0.2) is 0 Å². The maximum atomic E-state index is 10.0. The summed E-state index contributed by atoms with van der Waals surface area (Å²) in [6.45, 7) is 4.26. The van der Waals surface area contributed by atoms with E-state index in [-0.39, 0.29) is 26.4 Å². The van der Waals surface area contributed by atoms with E-state index >= 15 is 0 Å². The van der Waals surface area contributed by atoms with E-state index in [9.17, 15) is 25.0 Å². The van der Waals surface area contributed by atoms with E-state index in [2.05, 4.69) is 34.9 Å². The maximum absolute atomic E-state index is 10.0. The first kappa shape index (κ1) is 31.9. The van der Waals surface area contributed by atoms with Crippen LogP contribution in [0.1, 0.15) is 33.6 Å². The largest absolute Gasteiger partial charge is 0.396 e. The molecule has 0 unspecified atom stereocenters. The average Bonchev–Trinajstić information content (AvgIpc) is 2.71. The van der Waals surface area contributed by atoms with Crippen molar-refractivity contribution in [1.82, 2.24) is 0 Å². The summed E-state index contributed by atoms with van der Waals surface area (Å²) in [4.78, 5) is 38.0. The molecule has 0 saturated heterocycles. The van der Waals surface area contributed by atoms with Crippen molar-refractivity contribution in [1.29, 1.82) is 5.26 Å². The zero-order valence-electron chi connectivity index (χ0n) is 16.6. The highest BCUT2D eigenvalue weighted by Gasteiger charge is 2.29. The number of aliphatic hydroxyl groups is 2. The molecule has 0 aliphatic carbocycles. The summed E-state index contributed by atoms with van der Waals surface area (Å²) >= 11 is 7.95. The Morgan fingerprint density at radius 2 is 1.31 bits per heavy atom. The van der Waals surface area contributed by atoms with E-state index in [0.717, 1.165) is 0 Å². The molecule has 0 aliphatic rings. The van der Waals surface area contributed by atoms with Gasteiger partial charge in [0.05, 0.1) is 13.2 Å². The Bertz CT molecular complexity index is 484. The van der Waals surface area contributed by atoms with Crippen molar-refractivity contribution in [3.63, 3.8) is 0 Å². The highest BCUT2D eigenvalue weighted by molar-refractivity contribution is 7.81. The van der Waals surface area contributed by atoms with Crippen LogP contribution in [0.25, 0.3) is 0 Å². The molecule has 0 heterocycles. The third-order valence-corrected chi connectivity index (χ3v) is 5.29. The maximum Gasteiger partial charge on any atom is 0.294 e. The molecule has 14 heteroatoms. The highest BCUT2D eigenvalue weighted by Crippen LogP contribution is 2.27. The van der Waals surface area contributed by atoms with Crippen molar-refractivity contribution < 1.29 is 34.9 Å². The number of nitrogens with zero attached hydrogens (tertiary/aromatic N) is 3. The minimum atomic E-state index is -0.910. The molecule has 0 saturated carbocycles. The summed E-state index contributed by atoms with van der Waals surface area (Å²) < 4.78 is 0. The van der Waals surface area contributed by atoms with Gasteiger partial charge in [-0.15, -0.1) is 20.2 Å². The van der Waals surface area contributed by atoms with Crippen LogP contribution in [0.5, 0.6) is 0 Å². The Labute approximate surface area is 180 Å². The van der Waals surface area contributed by atoms with Gasteiger partial charge in [-0.05, 0) is 12.8 Å². The van der Waals surface area contributed by atoms with Crippen LogP contribution in [0, 0.1) is 42.4 Å². The molecule has 0 bridgehead atoms. The molecule has 12 nitrogen and oxygen atoms in total. The first-order valence-electron chi connectivity index (χ1n) is 8.36. The smallest absolute Gasteiger partial charge is 0.294 e. The second-order valence-corrected chi connectivity index (χ2v) is 6.63. The molecule has 0 atom stereocenters. The lowest BCUT2D eigenvalue weighted by Gasteiger charge is -2.28. The summed E-state index contributed by atoms with van der Waals surface area (Å²) in [5.74, 6) is 0.484. The normalized spacial score (nSPS) is 10.3. The van der Waals surface area contributed by atoms with E-state index in [0.29, 0.717) is 24.3 Å².